The summed E-state index contributed by atoms with van der Waals surface area (Å²) in [5, 5.41) is 11.0. The quantitative estimate of drug-likeness (QED) is 0.248. The van der Waals surface area contributed by atoms with Crippen molar-refractivity contribution < 1.29 is 28.4 Å². The summed E-state index contributed by atoms with van der Waals surface area (Å²) in [5.41, 5.74) is -1.23. The molecule has 0 N–H and O–H groups in total. The molecule has 0 aliphatic heterocycles. The molecule has 0 heterocycles. The number of nitrogens with zero attached hydrogens (tertiary/aromatic N) is 1. The van der Waals surface area contributed by atoms with Gasteiger partial charge in [-0.15, -0.1) is 0 Å². The topological polar surface area (TPSA) is 95.7 Å². The third-order valence-corrected chi connectivity index (χ3v) is 4.47. The van der Waals surface area contributed by atoms with E-state index in [4.69, 9.17) is 4.74 Å². The molecule has 0 saturated carbocycles. The number of esters is 1. The van der Waals surface area contributed by atoms with Gasteiger partial charge in [0.15, 0.2) is 0 Å². The zero-order valence-corrected chi connectivity index (χ0v) is 15.7. The van der Waals surface area contributed by atoms with Crippen molar-refractivity contribution in [2.75, 3.05) is 7.11 Å². The van der Waals surface area contributed by atoms with Crippen LogP contribution in [0, 0.1) is 15.9 Å². The monoisotopic (exact) mass is 401 g/mol. The number of rotatable bonds is 5. The van der Waals surface area contributed by atoms with Gasteiger partial charge in [0.05, 0.1) is 0 Å². The first-order chi connectivity index (χ1) is 11.0. The maximum atomic E-state index is 13.4. The molecule has 1 atom stereocenters. The molecule has 0 amide bonds. The Morgan fingerprint density at radius 1 is 1.33 bits per heavy atom. The Bertz CT molecular complexity index is 696. The van der Waals surface area contributed by atoms with Crippen LogP contribution < -0.4 is 0 Å². The average molecular weight is 401 g/mol. The number of halogens is 1. The zero-order chi connectivity index (χ0) is 18.5. The zero-order valence-electron chi connectivity index (χ0n) is 13.6. The van der Waals surface area contributed by atoms with Crippen molar-refractivity contribution in [1.29, 1.82) is 0 Å². The van der Waals surface area contributed by atoms with Crippen LogP contribution in [0.4, 0.5) is 14.9 Å². The second-order valence-electron chi connectivity index (χ2n) is 5.64. The van der Waals surface area contributed by atoms with E-state index < -0.39 is 42.8 Å². The van der Waals surface area contributed by atoms with Gasteiger partial charge in [0.25, 0.3) is 0 Å². The normalized spacial score (nSPS) is 12.3. The summed E-state index contributed by atoms with van der Waals surface area (Å²) >= 11 is -1.76. The van der Waals surface area contributed by atoms with Gasteiger partial charge in [-0.05, 0) is 0 Å². The first kappa shape index (κ1) is 19.8. The third-order valence-electron chi connectivity index (χ3n) is 2.53. The van der Waals surface area contributed by atoms with Crippen LogP contribution in [0.15, 0.2) is 22.6 Å². The number of carbonyl (C=O) groups is 2. The van der Waals surface area contributed by atoms with Crippen LogP contribution in [-0.2, 0) is 14.3 Å². The summed E-state index contributed by atoms with van der Waals surface area (Å²) in [6.45, 7) is 5.03. The average Bonchev–Trinajstić information content (AvgIpc) is 2.43. The minimum atomic E-state index is -1.76. The van der Waals surface area contributed by atoms with E-state index in [0.717, 1.165) is 31.4 Å². The summed E-state index contributed by atoms with van der Waals surface area (Å²) in [5.74, 6) is -1.51. The molecule has 0 aromatic heterocycles. The van der Waals surface area contributed by atoms with Gasteiger partial charge in [0.2, 0.25) is 0 Å². The first-order valence-corrected chi connectivity index (χ1v) is 8.87. The van der Waals surface area contributed by atoms with Crippen molar-refractivity contribution in [2.24, 2.45) is 0 Å². The molecule has 0 saturated heterocycles. The number of ether oxygens (including phenoxy) is 2. The third kappa shape index (κ3) is 6.12. The summed E-state index contributed by atoms with van der Waals surface area (Å²) < 4.78 is 22.5. The summed E-state index contributed by atoms with van der Waals surface area (Å²) in [6.07, 6.45) is 1.11. The maximum absolute atomic E-state index is 13.4. The van der Waals surface area contributed by atoms with Crippen molar-refractivity contribution in [3.05, 3.63) is 44.1 Å². The Kier molecular flexibility index (Phi) is 6.66. The molecule has 0 aliphatic rings. The number of carbonyl (C=O) groups excluding carboxylic acids is 2. The SMILES string of the molecule is COC(=O)/C(=C\c1cc(F)ccc1[N+](=O)[O-])[AsH]C(=O)OC(C)(C)C. The molecule has 7 nitrogen and oxygen atoms in total. The predicted octanol–water partition coefficient (Wildman–Crippen LogP) is 2.62. The van der Waals surface area contributed by atoms with Gasteiger partial charge >= 0.3 is 144 Å². The standard InChI is InChI=1S/C15H17AsFNO6/c1-15(2,3)24-14(20)16-11(13(19)23-4)8-9-7-10(17)5-6-12(9)18(21)22/h5-8,16H,1-4H3/b11-8+. The second-order valence-corrected chi connectivity index (χ2v) is 8.15. The number of hydrogen-bond acceptors (Lipinski definition) is 6. The Morgan fingerprint density at radius 2 is 1.96 bits per heavy atom. The van der Waals surface area contributed by atoms with E-state index in [-0.39, 0.29) is 15.6 Å². The fraction of sp³-hybridized carbons (Fsp3) is 0.333. The number of nitro groups is 1. The van der Waals surface area contributed by atoms with E-state index in [2.05, 4.69) is 4.74 Å². The van der Waals surface area contributed by atoms with Crippen molar-refractivity contribution in [1.82, 2.24) is 0 Å². The van der Waals surface area contributed by atoms with Gasteiger partial charge in [0.1, 0.15) is 0 Å². The molecule has 9 heteroatoms. The van der Waals surface area contributed by atoms with Gasteiger partial charge in [0, 0.05) is 0 Å². The number of methoxy groups -OCH3 is 1. The molecule has 0 bridgehead atoms. The molecule has 0 fully saturated rings. The fourth-order valence-electron chi connectivity index (χ4n) is 1.63. The number of benzene rings is 1. The molecule has 1 unspecified atom stereocenters. The van der Waals surface area contributed by atoms with E-state index in [1.54, 1.807) is 20.8 Å². The van der Waals surface area contributed by atoms with Crippen molar-refractivity contribution in [3.63, 3.8) is 0 Å². The Labute approximate surface area is 144 Å². The minimum absolute atomic E-state index is 0.0551. The molecule has 0 radical (unpaired) electrons. The second kappa shape index (κ2) is 8.06. The summed E-state index contributed by atoms with van der Waals surface area (Å²) in [6, 6.07) is 2.85. The molecule has 1 rings (SSSR count). The van der Waals surface area contributed by atoms with E-state index in [0.29, 0.717) is 0 Å². The Balaban J connectivity index is 3.24. The van der Waals surface area contributed by atoms with Crippen LogP contribution in [0.5, 0.6) is 0 Å². The molecule has 0 spiro atoms. The van der Waals surface area contributed by atoms with E-state index >= 15 is 0 Å². The Hall–Kier alpha value is -2.21. The van der Waals surface area contributed by atoms with Crippen molar-refractivity contribution in [3.8, 4) is 0 Å². The van der Waals surface area contributed by atoms with Crippen LogP contribution in [0.2, 0.25) is 0 Å². The van der Waals surface area contributed by atoms with Crippen LogP contribution >= 0.6 is 0 Å². The molecule has 0 aliphatic carbocycles. The van der Waals surface area contributed by atoms with E-state index in [1.807, 2.05) is 0 Å². The molecular formula is C15H17AsFNO6. The van der Waals surface area contributed by atoms with Gasteiger partial charge < -0.3 is 0 Å². The Morgan fingerprint density at radius 3 is 2.46 bits per heavy atom. The number of nitro benzene ring substituents is 1. The molecule has 1 aromatic carbocycles. The predicted molar refractivity (Wildman–Crippen MR) is 86.4 cm³/mol. The van der Waals surface area contributed by atoms with Crippen LogP contribution in [0.25, 0.3) is 6.08 Å². The van der Waals surface area contributed by atoms with Crippen molar-refractivity contribution in [2.45, 2.75) is 26.4 Å². The first-order valence-electron chi connectivity index (χ1n) is 6.77. The van der Waals surface area contributed by atoms with Crippen LogP contribution in [0.1, 0.15) is 26.3 Å². The molecule has 1 aromatic rings. The molecule has 24 heavy (non-hydrogen) atoms. The van der Waals surface area contributed by atoms with Crippen molar-refractivity contribution >= 4 is 38.2 Å². The van der Waals surface area contributed by atoms with Gasteiger partial charge in [-0.2, -0.15) is 0 Å². The number of hydrogen-bond donors (Lipinski definition) is 0. The van der Waals surface area contributed by atoms with E-state index in [1.165, 1.54) is 0 Å². The summed E-state index contributed by atoms with van der Waals surface area (Å²) in [4.78, 5) is 34.1. The van der Waals surface area contributed by atoms with Crippen LogP contribution in [-0.4, -0.2) is 44.1 Å². The fourth-order valence-corrected chi connectivity index (χ4v) is 3.75. The molecular weight excluding hydrogens is 384 g/mol. The molecule has 130 valence electrons. The van der Waals surface area contributed by atoms with Gasteiger partial charge in [-0.3, -0.25) is 0 Å². The van der Waals surface area contributed by atoms with Gasteiger partial charge in [-0.25, -0.2) is 0 Å². The van der Waals surface area contributed by atoms with E-state index in [9.17, 15) is 24.1 Å². The van der Waals surface area contributed by atoms with Crippen LogP contribution in [0.3, 0.4) is 0 Å². The van der Waals surface area contributed by atoms with Gasteiger partial charge in [-0.1, -0.05) is 0 Å². The summed E-state index contributed by atoms with van der Waals surface area (Å²) in [7, 11) is 1.12.